The molecule has 0 amide bonds. The predicted octanol–water partition coefficient (Wildman–Crippen LogP) is 6.41. The van der Waals surface area contributed by atoms with E-state index < -0.39 is 0 Å². The summed E-state index contributed by atoms with van der Waals surface area (Å²) >= 11 is 0. The van der Waals surface area contributed by atoms with Gasteiger partial charge in [0.2, 0.25) is 0 Å². The van der Waals surface area contributed by atoms with E-state index in [1.54, 1.807) is 0 Å². The number of aliphatic hydroxyl groups is 1. The predicted molar refractivity (Wildman–Crippen MR) is 104 cm³/mol. The summed E-state index contributed by atoms with van der Waals surface area (Å²) in [6, 6.07) is -0.115. The van der Waals surface area contributed by atoms with E-state index in [0.717, 1.165) is 37.7 Å². The molecule has 0 aliphatic carbocycles. The van der Waals surface area contributed by atoms with Crippen molar-refractivity contribution in [2.75, 3.05) is 6.61 Å². The maximum Gasteiger partial charge on any atom is 0.0616 e. The summed E-state index contributed by atoms with van der Waals surface area (Å²) in [5.41, 5.74) is 13.8. The van der Waals surface area contributed by atoms with E-state index in [-0.39, 0.29) is 12.6 Å². The van der Waals surface area contributed by atoms with E-state index in [2.05, 4.69) is 49.0 Å². The van der Waals surface area contributed by atoms with Crippen LogP contribution in [0.4, 0.5) is 0 Å². The third-order valence-electron chi connectivity index (χ3n) is 3.94. The molecule has 0 heterocycles. The third kappa shape index (κ3) is 11.8. The second-order valence-electron chi connectivity index (χ2n) is 6.55. The summed E-state index contributed by atoms with van der Waals surface area (Å²) < 4.78 is 0. The summed E-state index contributed by atoms with van der Waals surface area (Å²) in [7, 11) is 0. The van der Waals surface area contributed by atoms with Gasteiger partial charge >= 0.3 is 0 Å². The third-order valence-corrected chi connectivity index (χ3v) is 3.94. The molecule has 0 aromatic rings. The highest BCUT2D eigenvalue weighted by molar-refractivity contribution is 5.13. The first-order valence-electron chi connectivity index (χ1n) is 8.67. The van der Waals surface area contributed by atoms with E-state index in [4.69, 9.17) is 10.6 Å². The minimum atomic E-state index is -0.115. The van der Waals surface area contributed by atoms with Crippen molar-refractivity contribution in [1.82, 2.24) is 0 Å². The largest absolute Gasteiger partial charge is 0.392 e. The van der Waals surface area contributed by atoms with Crippen LogP contribution in [-0.2, 0) is 0 Å². The van der Waals surface area contributed by atoms with E-state index in [1.165, 1.54) is 16.7 Å². The molecule has 4 heteroatoms. The van der Waals surface area contributed by atoms with Gasteiger partial charge in [0.15, 0.2) is 0 Å². The first-order valence-corrected chi connectivity index (χ1v) is 8.67. The Labute approximate surface area is 147 Å². The molecular formula is C20H33N3O. The van der Waals surface area contributed by atoms with Gasteiger partial charge in [-0.15, -0.1) is 0 Å². The number of azide groups is 1. The zero-order valence-corrected chi connectivity index (χ0v) is 15.9. The van der Waals surface area contributed by atoms with Crippen LogP contribution in [0.1, 0.15) is 66.7 Å². The molecule has 0 saturated heterocycles. The van der Waals surface area contributed by atoms with Crippen LogP contribution in [0.5, 0.6) is 0 Å². The van der Waals surface area contributed by atoms with Gasteiger partial charge in [-0.25, -0.2) is 0 Å². The van der Waals surface area contributed by atoms with E-state index >= 15 is 0 Å². The summed E-state index contributed by atoms with van der Waals surface area (Å²) in [5, 5.41) is 12.8. The molecule has 0 spiro atoms. The van der Waals surface area contributed by atoms with Crippen LogP contribution in [0, 0.1) is 0 Å². The van der Waals surface area contributed by atoms with E-state index in [0.29, 0.717) is 0 Å². The lowest BCUT2D eigenvalue weighted by molar-refractivity contribution is 0.341. The van der Waals surface area contributed by atoms with Crippen LogP contribution in [0.25, 0.3) is 10.4 Å². The zero-order valence-electron chi connectivity index (χ0n) is 15.9. The molecule has 24 heavy (non-hydrogen) atoms. The minimum absolute atomic E-state index is 0.0900. The lowest BCUT2D eigenvalue weighted by Crippen LogP contribution is -2.04. The summed E-state index contributed by atoms with van der Waals surface area (Å²) in [5.74, 6) is 0. The maximum atomic E-state index is 8.86. The SMILES string of the molecule is CC(C)=CCC/C(C)=C/CC(N=[N+]=[N-])C(C)=CCC/C(C)=C/CO. The average Bonchev–Trinajstić information content (AvgIpc) is 2.51. The van der Waals surface area contributed by atoms with Crippen molar-refractivity contribution in [2.24, 2.45) is 5.11 Å². The Kier molecular flexibility index (Phi) is 12.6. The Bertz CT molecular complexity index is 531. The number of allylic oxidation sites excluding steroid dienone is 5. The van der Waals surface area contributed by atoms with Gasteiger partial charge in [0.05, 0.1) is 12.6 Å². The fourth-order valence-electron chi connectivity index (χ4n) is 2.31. The molecule has 1 atom stereocenters. The number of hydrogen-bond donors (Lipinski definition) is 1. The monoisotopic (exact) mass is 331 g/mol. The van der Waals surface area contributed by atoms with E-state index in [1.807, 2.05) is 19.9 Å². The Balaban J connectivity index is 4.64. The molecule has 4 nitrogen and oxygen atoms in total. The lowest BCUT2D eigenvalue weighted by atomic mass is 10.0. The van der Waals surface area contributed by atoms with Crippen LogP contribution < -0.4 is 0 Å². The fourth-order valence-corrected chi connectivity index (χ4v) is 2.31. The molecule has 0 bridgehead atoms. The fraction of sp³-hybridized carbons (Fsp3) is 0.600. The Morgan fingerprint density at radius 1 is 0.958 bits per heavy atom. The maximum absolute atomic E-state index is 8.86. The van der Waals surface area contributed by atoms with Gasteiger partial charge in [0.25, 0.3) is 0 Å². The van der Waals surface area contributed by atoms with Crippen LogP contribution in [0.2, 0.25) is 0 Å². The van der Waals surface area contributed by atoms with Crippen molar-refractivity contribution in [1.29, 1.82) is 0 Å². The van der Waals surface area contributed by atoms with Crippen molar-refractivity contribution in [2.45, 2.75) is 72.8 Å². The van der Waals surface area contributed by atoms with Gasteiger partial charge in [-0.05, 0) is 72.3 Å². The normalized spacial score (nSPS) is 14.2. The summed E-state index contributed by atoms with van der Waals surface area (Å²) in [6.07, 6.45) is 13.1. The smallest absolute Gasteiger partial charge is 0.0616 e. The van der Waals surface area contributed by atoms with Crippen molar-refractivity contribution < 1.29 is 5.11 Å². The topological polar surface area (TPSA) is 69.0 Å². The molecule has 1 unspecified atom stereocenters. The second-order valence-corrected chi connectivity index (χ2v) is 6.55. The molecule has 1 N–H and O–H groups in total. The standard InChI is InChI=1S/C20H33N3O/c1-16(2)8-6-9-17(3)12-13-20(22-23-21)19(5)11-7-10-18(4)14-15-24/h8,11-12,14,20,24H,6-7,9-10,13,15H2,1-5H3/b17-12+,18-14+,19-11?. The number of hydrogen-bond acceptors (Lipinski definition) is 2. The van der Waals surface area contributed by atoms with Gasteiger partial charge in [0.1, 0.15) is 0 Å². The van der Waals surface area contributed by atoms with Crippen LogP contribution in [0.3, 0.4) is 0 Å². The summed E-state index contributed by atoms with van der Waals surface area (Å²) in [6.45, 7) is 10.5. The molecule has 0 saturated carbocycles. The molecule has 0 rings (SSSR count). The molecule has 0 aromatic carbocycles. The Morgan fingerprint density at radius 3 is 2.08 bits per heavy atom. The molecule has 0 fully saturated rings. The number of nitrogens with zero attached hydrogens (tertiary/aromatic N) is 3. The molecular weight excluding hydrogens is 298 g/mol. The number of aliphatic hydroxyl groups excluding tert-OH is 1. The quantitative estimate of drug-likeness (QED) is 0.202. The van der Waals surface area contributed by atoms with Gasteiger partial charge < -0.3 is 5.11 Å². The average molecular weight is 332 g/mol. The molecule has 0 aromatic heterocycles. The number of rotatable bonds is 11. The summed E-state index contributed by atoms with van der Waals surface area (Å²) in [4.78, 5) is 2.99. The Morgan fingerprint density at radius 2 is 1.54 bits per heavy atom. The van der Waals surface area contributed by atoms with Crippen molar-refractivity contribution in [3.05, 3.63) is 57.0 Å². The highest BCUT2D eigenvalue weighted by Crippen LogP contribution is 2.17. The Hall–Kier alpha value is -1.77. The van der Waals surface area contributed by atoms with Gasteiger partial charge in [0, 0.05) is 4.91 Å². The first-order chi connectivity index (χ1) is 11.4. The van der Waals surface area contributed by atoms with Crippen molar-refractivity contribution in [3.8, 4) is 0 Å². The van der Waals surface area contributed by atoms with Crippen LogP contribution >= 0.6 is 0 Å². The van der Waals surface area contributed by atoms with Gasteiger partial charge in [-0.1, -0.05) is 51.7 Å². The lowest BCUT2D eigenvalue weighted by Gasteiger charge is -2.11. The molecule has 134 valence electrons. The van der Waals surface area contributed by atoms with Gasteiger partial charge in [-0.3, -0.25) is 0 Å². The molecule has 0 radical (unpaired) electrons. The minimum Gasteiger partial charge on any atom is -0.392 e. The highest BCUT2D eigenvalue weighted by atomic mass is 16.2. The van der Waals surface area contributed by atoms with Gasteiger partial charge in [-0.2, -0.15) is 0 Å². The van der Waals surface area contributed by atoms with Crippen molar-refractivity contribution in [3.63, 3.8) is 0 Å². The zero-order chi connectivity index (χ0) is 18.4. The van der Waals surface area contributed by atoms with E-state index in [9.17, 15) is 0 Å². The molecule has 0 aliphatic heterocycles. The van der Waals surface area contributed by atoms with Crippen molar-refractivity contribution >= 4 is 0 Å². The van der Waals surface area contributed by atoms with Crippen LogP contribution in [-0.4, -0.2) is 17.8 Å². The first kappa shape index (κ1) is 22.2. The molecule has 0 aliphatic rings. The van der Waals surface area contributed by atoms with Crippen LogP contribution in [0.15, 0.2) is 51.7 Å². The highest BCUT2D eigenvalue weighted by Gasteiger charge is 2.07. The second kappa shape index (κ2) is 13.6.